The van der Waals surface area contributed by atoms with E-state index in [1.54, 1.807) is 6.92 Å². The van der Waals surface area contributed by atoms with Crippen molar-refractivity contribution in [3.05, 3.63) is 0 Å². The predicted molar refractivity (Wildman–Crippen MR) is 77.9 cm³/mol. The zero-order chi connectivity index (χ0) is 14.8. The van der Waals surface area contributed by atoms with E-state index in [9.17, 15) is 9.90 Å². The fraction of sp³-hybridized carbons (Fsp3) is 0.933. The van der Waals surface area contributed by atoms with E-state index in [1.807, 2.05) is 13.8 Å². The summed E-state index contributed by atoms with van der Waals surface area (Å²) in [6.45, 7) is 7.88. The molecule has 0 aromatic rings. The Morgan fingerprint density at radius 2 is 2.15 bits per heavy atom. The summed E-state index contributed by atoms with van der Waals surface area (Å²) in [6, 6.07) is 0.546. The van der Waals surface area contributed by atoms with Gasteiger partial charge in [0.05, 0.1) is 12.7 Å². The highest BCUT2D eigenvalue weighted by Crippen LogP contribution is 2.29. The molecule has 116 valence electrons. The summed E-state index contributed by atoms with van der Waals surface area (Å²) in [5.41, 5.74) is -0.895. The molecule has 0 aromatic carbocycles. The molecule has 3 unspecified atom stereocenters. The van der Waals surface area contributed by atoms with Gasteiger partial charge >= 0.3 is 5.97 Å². The first-order chi connectivity index (χ1) is 9.42. The van der Waals surface area contributed by atoms with Crippen LogP contribution in [0.25, 0.3) is 0 Å². The highest BCUT2D eigenvalue weighted by Gasteiger charge is 2.41. The van der Waals surface area contributed by atoms with Gasteiger partial charge in [-0.2, -0.15) is 0 Å². The van der Waals surface area contributed by atoms with Gasteiger partial charge in [0, 0.05) is 25.2 Å². The number of carboxylic acid groups (broad SMARTS) is 1. The lowest BCUT2D eigenvalue weighted by molar-refractivity contribution is -0.148. The van der Waals surface area contributed by atoms with Crippen LogP contribution in [0.2, 0.25) is 0 Å². The van der Waals surface area contributed by atoms with Crippen LogP contribution >= 0.6 is 0 Å². The van der Waals surface area contributed by atoms with Crippen molar-refractivity contribution in [1.82, 2.24) is 10.2 Å². The largest absolute Gasteiger partial charge is 0.480 e. The van der Waals surface area contributed by atoms with Crippen LogP contribution in [0.4, 0.5) is 0 Å². The van der Waals surface area contributed by atoms with Crippen molar-refractivity contribution < 1.29 is 14.6 Å². The van der Waals surface area contributed by atoms with Crippen molar-refractivity contribution >= 4 is 5.97 Å². The highest BCUT2D eigenvalue weighted by atomic mass is 16.5. The fourth-order valence-electron chi connectivity index (χ4n) is 3.59. The van der Waals surface area contributed by atoms with Crippen LogP contribution in [0.15, 0.2) is 0 Å². The van der Waals surface area contributed by atoms with E-state index in [2.05, 4.69) is 10.2 Å². The molecule has 5 nitrogen and oxygen atoms in total. The molecule has 0 spiro atoms. The van der Waals surface area contributed by atoms with E-state index < -0.39 is 11.5 Å². The SMILES string of the molecule is CC(C)NC(C)(CN1CCOC2CCCCC21)C(=O)O. The molecule has 1 aliphatic carbocycles. The standard InChI is InChI=1S/C15H28N2O3/c1-11(2)16-15(3,14(18)19)10-17-8-9-20-13-7-5-4-6-12(13)17/h11-13,16H,4-10H2,1-3H3,(H,18,19). The first-order valence-corrected chi connectivity index (χ1v) is 7.79. The van der Waals surface area contributed by atoms with Gasteiger partial charge in [0.25, 0.3) is 0 Å². The van der Waals surface area contributed by atoms with Gasteiger partial charge in [-0.25, -0.2) is 0 Å². The minimum absolute atomic E-state index is 0.152. The molecule has 0 bridgehead atoms. The maximum absolute atomic E-state index is 11.7. The molecule has 5 heteroatoms. The third-order valence-corrected chi connectivity index (χ3v) is 4.45. The molecule has 2 rings (SSSR count). The first kappa shape index (κ1) is 15.7. The van der Waals surface area contributed by atoms with Gasteiger partial charge < -0.3 is 9.84 Å². The molecule has 0 amide bonds. The molecule has 1 heterocycles. The number of morpholine rings is 1. The molecule has 2 fully saturated rings. The second-order valence-corrected chi connectivity index (χ2v) is 6.67. The molecule has 2 aliphatic rings. The van der Waals surface area contributed by atoms with Crippen LogP contribution in [-0.2, 0) is 9.53 Å². The number of fused-ring (bicyclic) bond motifs is 1. The Hall–Kier alpha value is -0.650. The number of hydrogen-bond donors (Lipinski definition) is 2. The summed E-state index contributed by atoms with van der Waals surface area (Å²) >= 11 is 0. The van der Waals surface area contributed by atoms with E-state index >= 15 is 0 Å². The average Bonchev–Trinajstić information content (AvgIpc) is 2.38. The van der Waals surface area contributed by atoms with Crippen LogP contribution in [0.3, 0.4) is 0 Å². The number of carboxylic acids is 1. The summed E-state index contributed by atoms with van der Waals surface area (Å²) in [5, 5.41) is 12.8. The molecule has 0 aromatic heterocycles. The zero-order valence-electron chi connectivity index (χ0n) is 12.9. The molecular formula is C15H28N2O3. The van der Waals surface area contributed by atoms with E-state index in [0.717, 1.165) is 26.0 Å². The van der Waals surface area contributed by atoms with E-state index in [0.29, 0.717) is 18.7 Å². The number of hydrogen-bond acceptors (Lipinski definition) is 4. The summed E-state index contributed by atoms with van der Waals surface area (Å²) in [6.07, 6.45) is 5.00. The van der Waals surface area contributed by atoms with Crippen molar-refractivity contribution in [2.24, 2.45) is 0 Å². The minimum atomic E-state index is -0.895. The topological polar surface area (TPSA) is 61.8 Å². The molecule has 20 heavy (non-hydrogen) atoms. The smallest absolute Gasteiger partial charge is 0.324 e. The van der Waals surface area contributed by atoms with Gasteiger partial charge in [-0.1, -0.05) is 12.8 Å². The Morgan fingerprint density at radius 1 is 1.45 bits per heavy atom. The lowest BCUT2D eigenvalue weighted by atomic mass is 9.88. The minimum Gasteiger partial charge on any atom is -0.480 e. The summed E-state index contributed by atoms with van der Waals surface area (Å²) in [4.78, 5) is 14.0. The Kier molecular flexibility index (Phi) is 5.04. The van der Waals surface area contributed by atoms with E-state index in [1.165, 1.54) is 12.8 Å². The predicted octanol–water partition coefficient (Wildman–Crippen LogP) is 1.47. The Labute approximate surface area is 121 Å². The normalized spacial score (nSPS) is 30.8. The fourth-order valence-corrected chi connectivity index (χ4v) is 3.59. The second-order valence-electron chi connectivity index (χ2n) is 6.67. The van der Waals surface area contributed by atoms with E-state index in [-0.39, 0.29) is 6.04 Å². The average molecular weight is 284 g/mol. The van der Waals surface area contributed by atoms with Crippen molar-refractivity contribution in [3.8, 4) is 0 Å². The molecular weight excluding hydrogens is 256 g/mol. The van der Waals surface area contributed by atoms with Gasteiger partial charge in [-0.3, -0.25) is 15.0 Å². The maximum Gasteiger partial charge on any atom is 0.324 e. The number of rotatable bonds is 5. The monoisotopic (exact) mass is 284 g/mol. The third-order valence-electron chi connectivity index (χ3n) is 4.45. The number of carbonyl (C=O) groups is 1. The maximum atomic E-state index is 11.7. The molecule has 1 saturated carbocycles. The first-order valence-electron chi connectivity index (χ1n) is 7.79. The molecule has 3 atom stereocenters. The number of nitrogens with zero attached hydrogens (tertiary/aromatic N) is 1. The molecule has 1 saturated heterocycles. The molecule has 1 aliphatic heterocycles. The van der Waals surface area contributed by atoms with Crippen LogP contribution in [-0.4, -0.2) is 59.4 Å². The number of ether oxygens (including phenoxy) is 1. The Balaban J connectivity index is 2.06. The molecule has 0 radical (unpaired) electrons. The van der Waals surface area contributed by atoms with Crippen molar-refractivity contribution in [3.63, 3.8) is 0 Å². The third kappa shape index (κ3) is 3.51. The van der Waals surface area contributed by atoms with Gasteiger partial charge in [-0.05, 0) is 33.6 Å². The zero-order valence-corrected chi connectivity index (χ0v) is 12.9. The summed E-state index contributed by atoms with van der Waals surface area (Å²) in [7, 11) is 0. The molecule has 2 N–H and O–H groups in total. The van der Waals surface area contributed by atoms with Crippen molar-refractivity contribution in [1.29, 1.82) is 0 Å². The van der Waals surface area contributed by atoms with E-state index in [4.69, 9.17) is 4.74 Å². The number of aliphatic carboxylic acids is 1. The number of nitrogens with one attached hydrogen (secondary N) is 1. The van der Waals surface area contributed by atoms with Crippen molar-refractivity contribution in [2.45, 2.75) is 70.2 Å². The van der Waals surface area contributed by atoms with Crippen LogP contribution in [0, 0.1) is 0 Å². The van der Waals surface area contributed by atoms with Crippen LogP contribution < -0.4 is 5.32 Å². The van der Waals surface area contributed by atoms with Gasteiger partial charge in [0.2, 0.25) is 0 Å². The summed E-state index contributed by atoms with van der Waals surface area (Å²) < 4.78 is 5.86. The van der Waals surface area contributed by atoms with Gasteiger partial charge in [0.15, 0.2) is 0 Å². The highest BCUT2D eigenvalue weighted by molar-refractivity contribution is 5.78. The second kappa shape index (κ2) is 6.41. The van der Waals surface area contributed by atoms with Crippen LogP contribution in [0.1, 0.15) is 46.5 Å². The van der Waals surface area contributed by atoms with Crippen molar-refractivity contribution in [2.75, 3.05) is 19.7 Å². The lowest BCUT2D eigenvalue weighted by Gasteiger charge is -2.46. The Bertz CT molecular complexity index is 346. The van der Waals surface area contributed by atoms with Gasteiger partial charge in [0.1, 0.15) is 5.54 Å². The quantitative estimate of drug-likeness (QED) is 0.800. The van der Waals surface area contributed by atoms with Gasteiger partial charge in [-0.15, -0.1) is 0 Å². The lowest BCUT2D eigenvalue weighted by Crippen LogP contribution is -2.63. The summed E-state index contributed by atoms with van der Waals surface area (Å²) in [5.74, 6) is -0.773. The van der Waals surface area contributed by atoms with Crippen LogP contribution in [0.5, 0.6) is 0 Å². The Morgan fingerprint density at radius 3 is 2.80 bits per heavy atom.